The van der Waals surface area contributed by atoms with Gasteiger partial charge in [0.1, 0.15) is 11.9 Å². The smallest absolute Gasteiger partial charge is 0.236 e. The maximum absolute atomic E-state index is 12.9. The van der Waals surface area contributed by atoms with Crippen molar-refractivity contribution in [3.63, 3.8) is 0 Å². The van der Waals surface area contributed by atoms with Crippen LogP contribution in [0.25, 0.3) is 11.3 Å². The van der Waals surface area contributed by atoms with E-state index in [1.807, 2.05) is 36.9 Å². The monoisotopic (exact) mass is 412 g/mol. The first-order valence-electron chi connectivity index (χ1n) is 11.1. The zero-order chi connectivity index (χ0) is 21.1. The van der Waals surface area contributed by atoms with E-state index in [2.05, 4.69) is 17.1 Å². The summed E-state index contributed by atoms with van der Waals surface area (Å²) in [6.45, 7) is 6.16. The van der Waals surface area contributed by atoms with E-state index in [0.29, 0.717) is 32.3 Å². The van der Waals surface area contributed by atoms with Gasteiger partial charge in [0.15, 0.2) is 0 Å². The van der Waals surface area contributed by atoms with E-state index in [4.69, 9.17) is 14.2 Å². The standard InChI is InChI=1S/C23H32N4O3/c1-4-20-23(16(2)25-30-20)19-11-7-10-18(24-19)21-14-27(12-13-29-21)22(28)15-26(3)17-8-5-6-9-17/h7,10-11,17,21H,4-6,8-9,12-15H2,1-3H3/t21-/m1/s1. The van der Waals surface area contributed by atoms with E-state index in [9.17, 15) is 4.79 Å². The van der Waals surface area contributed by atoms with Crippen molar-refractivity contribution in [2.75, 3.05) is 33.3 Å². The van der Waals surface area contributed by atoms with Gasteiger partial charge in [-0.3, -0.25) is 9.69 Å². The fraction of sp³-hybridized carbons (Fsp3) is 0.609. The van der Waals surface area contributed by atoms with Crippen LogP contribution >= 0.6 is 0 Å². The number of aryl methyl sites for hydroxylation is 2. The molecule has 7 nitrogen and oxygen atoms in total. The number of aromatic nitrogens is 2. The second-order valence-electron chi connectivity index (χ2n) is 8.42. The minimum atomic E-state index is -0.218. The van der Waals surface area contributed by atoms with Crippen molar-refractivity contribution in [2.24, 2.45) is 0 Å². The van der Waals surface area contributed by atoms with Crippen LogP contribution < -0.4 is 0 Å². The molecule has 2 fully saturated rings. The molecule has 0 radical (unpaired) electrons. The van der Waals surface area contributed by atoms with Crippen molar-refractivity contribution < 1.29 is 14.1 Å². The lowest BCUT2D eigenvalue weighted by atomic mass is 10.1. The summed E-state index contributed by atoms with van der Waals surface area (Å²) in [7, 11) is 2.07. The number of hydrogen-bond acceptors (Lipinski definition) is 6. The van der Waals surface area contributed by atoms with E-state index < -0.39 is 0 Å². The molecule has 0 N–H and O–H groups in total. The topological polar surface area (TPSA) is 71.7 Å². The van der Waals surface area contributed by atoms with Crippen molar-refractivity contribution >= 4 is 5.91 Å². The molecule has 4 rings (SSSR count). The molecule has 0 spiro atoms. The normalized spacial score (nSPS) is 20.3. The number of morpholine rings is 1. The van der Waals surface area contributed by atoms with Gasteiger partial charge in [0.05, 0.1) is 42.3 Å². The number of pyridine rings is 1. The first-order valence-corrected chi connectivity index (χ1v) is 11.1. The van der Waals surface area contributed by atoms with Crippen LogP contribution in [-0.4, -0.2) is 65.2 Å². The average Bonchev–Trinajstić information content (AvgIpc) is 3.43. The molecular formula is C23H32N4O3. The second kappa shape index (κ2) is 9.27. The van der Waals surface area contributed by atoms with Gasteiger partial charge in [-0.2, -0.15) is 0 Å². The molecule has 162 valence electrons. The molecule has 1 saturated carbocycles. The Bertz CT molecular complexity index is 875. The third-order valence-electron chi connectivity index (χ3n) is 6.36. The summed E-state index contributed by atoms with van der Waals surface area (Å²) in [4.78, 5) is 21.9. The molecule has 2 aromatic rings. The maximum atomic E-state index is 12.9. The molecular weight excluding hydrogens is 380 g/mol. The van der Waals surface area contributed by atoms with Crippen LogP contribution in [0.4, 0.5) is 0 Å². The zero-order valence-corrected chi connectivity index (χ0v) is 18.3. The predicted molar refractivity (Wildman–Crippen MR) is 114 cm³/mol. The van der Waals surface area contributed by atoms with Crippen molar-refractivity contribution in [3.05, 3.63) is 35.3 Å². The Hall–Kier alpha value is -2.25. The summed E-state index contributed by atoms with van der Waals surface area (Å²) >= 11 is 0. The van der Waals surface area contributed by atoms with Gasteiger partial charge in [0.2, 0.25) is 5.91 Å². The van der Waals surface area contributed by atoms with E-state index >= 15 is 0 Å². The first kappa shape index (κ1) is 21.0. The third kappa shape index (κ3) is 4.42. The number of ether oxygens (including phenoxy) is 1. The molecule has 0 unspecified atom stereocenters. The number of amides is 1. The van der Waals surface area contributed by atoms with Crippen LogP contribution in [0.15, 0.2) is 22.7 Å². The Morgan fingerprint density at radius 2 is 2.10 bits per heavy atom. The van der Waals surface area contributed by atoms with Gasteiger partial charge >= 0.3 is 0 Å². The minimum absolute atomic E-state index is 0.178. The second-order valence-corrected chi connectivity index (χ2v) is 8.42. The van der Waals surface area contributed by atoms with E-state index in [-0.39, 0.29) is 12.0 Å². The van der Waals surface area contributed by atoms with Gasteiger partial charge in [0, 0.05) is 19.0 Å². The van der Waals surface area contributed by atoms with Gasteiger partial charge in [-0.1, -0.05) is 31.0 Å². The summed E-state index contributed by atoms with van der Waals surface area (Å²) < 4.78 is 11.4. The number of hydrogen-bond donors (Lipinski definition) is 0. The average molecular weight is 413 g/mol. The van der Waals surface area contributed by atoms with Crippen molar-refractivity contribution in [2.45, 2.75) is 58.1 Å². The summed E-state index contributed by atoms with van der Waals surface area (Å²) in [5, 5.41) is 4.10. The Labute approximate surface area is 178 Å². The fourth-order valence-corrected chi connectivity index (χ4v) is 4.60. The van der Waals surface area contributed by atoms with E-state index in [0.717, 1.165) is 34.8 Å². The molecule has 30 heavy (non-hydrogen) atoms. The first-order chi connectivity index (χ1) is 14.6. The summed E-state index contributed by atoms with van der Waals surface area (Å²) in [6, 6.07) is 6.48. The highest BCUT2D eigenvalue weighted by Crippen LogP contribution is 2.29. The lowest BCUT2D eigenvalue weighted by molar-refractivity contribution is -0.140. The number of likely N-dealkylation sites (N-methyl/N-ethyl adjacent to an activating group) is 1. The van der Waals surface area contributed by atoms with Crippen LogP contribution in [0.3, 0.4) is 0 Å². The molecule has 1 amide bonds. The predicted octanol–water partition coefficient (Wildman–Crippen LogP) is 3.38. The lowest BCUT2D eigenvalue weighted by Gasteiger charge is -2.34. The van der Waals surface area contributed by atoms with Crippen LogP contribution in [0.2, 0.25) is 0 Å². The summed E-state index contributed by atoms with van der Waals surface area (Å²) in [5.41, 5.74) is 3.49. The minimum Gasteiger partial charge on any atom is -0.368 e. The Morgan fingerprint density at radius 1 is 1.30 bits per heavy atom. The van der Waals surface area contributed by atoms with Gasteiger partial charge < -0.3 is 14.2 Å². The number of carbonyl (C=O) groups is 1. The van der Waals surface area contributed by atoms with Crippen molar-refractivity contribution in [1.82, 2.24) is 19.9 Å². The molecule has 0 aromatic carbocycles. The Morgan fingerprint density at radius 3 is 2.87 bits per heavy atom. The molecule has 7 heteroatoms. The lowest BCUT2D eigenvalue weighted by Crippen LogP contribution is -2.47. The number of rotatable bonds is 6. The molecule has 2 aliphatic rings. The summed E-state index contributed by atoms with van der Waals surface area (Å²) in [5.74, 6) is 1.02. The highest BCUT2D eigenvalue weighted by molar-refractivity contribution is 5.78. The quantitative estimate of drug-likeness (QED) is 0.724. The van der Waals surface area contributed by atoms with Crippen LogP contribution in [-0.2, 0) is 16.0 Å². The largest absolute Gasteiger partial charge is 0.368 e. The highest BCUT2D eigenvalue weighted by atomic mass is 16.5. The third-order valence-corrected chi connectivity index (χ3v) is 6.36. The van der Waals surface area contributed by atoms with Gasteiger partial charge in [-0.25, -0.2) is 4.98 Å². The zero-order valence-electron chi connectivity index (χ0n) is 18.3. The van der Waals surface area contributed by atoms with E-state index in [1.54, 1.807) is 0 Å². The van der Waals surface area contributed by atoms with Crippen LogP contribution in [0, 0.1) is 6.92 Å². The summed E-state index contributed by atoms with van der Waals surface area (Å²) in [6.07, 6.45) is 5.50. The molecule has 1 saturated heterocycles. The molecule has 2 aromatic heterocycles. The molecule has 1 atom stereocenters. The van der Waals surface area contributed by atoms with Gasteiger partial charge in [-0.15, -0.1) is 0 Å². The van der Waals surface area contributed by atoms with Gasteiger partial charge in [-0.05, 0) is 38.9 Å². The number of carbonyl (C=O) groups excluding carboxylic acids is 1. The fourth-order valence-electron chi connectivity index (χ4n) is 4.60. The molecule has 0 bridgehead atoms. The van der Waals surface area contributed by atoms with E-state index in [1.165, 1.54) is 25.7 Å². The maximum Gasteiger partial charge on any atom is 0.236 e. The van der Waals surface area contributed by atoms with Crippen LogP contribution in [0.1, 0.15) is 55.9 Å². The number of nitrogens with zero attached hydrogens (tertiary/aromatic N) is 4. The Kier molecular flexibility index (Phi) is 6.49. The van der Waals surface area contributed by atoms with Crippen molar-refractivity contribution in [3.8, 4) is 11.3 Å². The van der Waals surface area contributed by atoms with Crippen molar-refractivity contribution in [1.29, 1.82) is 0 Å². The Balaban J connectivity index is 1.45. The SMILES string of the molecule is CCc1onc(C)c1-c1cccc([C@H]2CN(C(=O)CN(C)C3CCCC3)CCO2)n1. The molecule has 1 aliphatic heterocycles. The molecule has 3 heterocycles. The highest BCUT2D eigenvalue weighted by Gasteiger charge is 2.29. The van der Waals surface area contributed by atoms with Gasteiger partial charge in [0.25, 0.3) is 0 Å². The molecule has 1 aliphatic carbocycles. The van der Waals surface area contributed by atoms with Crippen LogP contribution in [0.5, 0.6) is 0 Å².